The summed E-state index contributed by atoms with van der Waals surface area (Å²) >= 11 is 0. The molecule has 0 fully saturated rings. The van der Waals surface area contributed by atoms with E-state index in [2.05, 4.69) is 0 Å². The number of aliphatic hydroxyl groups excluding tert-OH is 1. The monoisotopic (exact) mass is 208 g/mol. The van der Waals surface area contributed by atoms with Gasteiger partial charge >= 0.3 is 0 Å². The molecule has 0 aromatic heterocycles. The molecule has 0 aliphatic heterocycles. The molecule has 0 spiro atoms. The van der Waals surface area contributed by atoms with Crippen LogP contribution in [-0.2, 0) is 0 Å². The fourth-order valence-electron chi connectivity index (χ4n) is 0.739. The van der Waals surface area contributed by atoms with E-state index in [1.807, 2.05) is 13.0 Å². The topological polar surface area (TPSA) is 90.3 Å². The van der Waals surface area contributed by atoms with E-state index >= 15 is 0 Å². The number of hydrogen-bond donors (Lipinski definition) is 3. The average molecular weight is 208 g/mol. The third-order valence-electron chi connectivity index (χ3n) is 1.56. The first kappa shape index (κ1) is 13.4. The van der Waals surface area contributed by atoms with Gasteiger partial charge in [0.05, 0.1) is 12.2 Å². The highest BCUT2D eigenvalue weighted by Gasteiger charge is 1.97. The van der Waals surface area contributed by atoms with Gasteiger partial charge in [-0.15, -0.1) is 0 Å². The Morgan fingerprint density at radius 1 is 1.53 bits per heavy atom. The van der Waals surface area contributed by atoms with E-state index in [4.69, 9.17) is 21.2 Å². The zero-order chi connectivity index (χ0) is 11.8. The van der Waals surface area contributed by atoms with Gasteiger partial charge in [-0.25, -0.2) is 0 Å². The van der Waals surface area contributed by atoms with Crippen molar-refractivity contribution in [2.24, 2.45) is 5.73 Å². The summed E-state index contributed by atoms with van der Waals surface area (Å²) in [6.07, 6.45) is 0. The Hall–Kier alpha value is -1.57. The number of rotatable bonds is 1. The number of nitrogens with two attached hydrogens (primary N) is 1. The Morgan fingerprint density at radius 2 is 2.07 bits per heavy atom. The Balaban J connectivity index is 0.000000336. The first-order chi connectivity index (χ1) is 7.01. The van der Waals surface area contributed by atoms with Crippen LogP contribution >= 0.6 is 0 Å². The standard InChI is InChI=1S/C8H7NO.C3H9NO/c1-6-2-3-8(10)7(4-6)5-9;1-3(4)2-5/h2-4,10H,1H3;3,5H,2,4H2,1H3/t;3-/m.1/s1. The van der Waals surface area contributed by atoms with Crippen LogP contribution < -0.4 is 5.73 Å². The van der Waals surface area contributed by atoms with Crippen LogP contribution in [0.4, 0.5) is 0 Å². The van der Waals surface area contributed by atoms with Gasteiger partial charge in [-0.3, -0.25) is 0 Å². The maximum absolute atomic E-state index is 9.01. The molecule has 1 atom stereocenters. The molecule has 1 aromatic rings. The minimum absolute atomic E-state index is 0.0492. The van der Waals surface area contributed by atoms with Gasteiger partial charge in [-0.1, -0.05) is 6.07 Å². The van der Waals surface area contributed by atoms with E-state index in [1.165, 1.54) is 6.07 Å². The summed E-state index contributed by atoms with van der Waals surface area (Å²) in [6.45, 7) is 3.71. The van der Waals surface area contributed by atoms with Crippen LogP contribution in [-0.4, -0.2) is 22.9 Å². The number of nitrogens with zero attached hydrogens (tertiary/aromatic N) is 1. The number of aromatic hydroxyl groups is 1. The van der Waals surface area contributed by atoms with Crippen LogP contribution in [0.5, 0.6) is 5.75 Å². The van der Waals surface area contributed by atoms with Crippen LogP contribution in [0.3, 0.4) is 0 Å². The fourth-order valence-corrected chi connectivity index (χ4v) is 0.739. The van der Waals surface area contributed by atoms with Crippen LogP contribution in [0.2, 0.25) is 0 Å². The molecule has 0 heterocycles. The Labute approximate surface area is 89.6 Å². The van der Waals surface area contributed by atoms with Gasteiger partial charge in [0, 0.05) is 6.04 Å². The predicted octanol–water partition coefficient (Wildman–Crippen LogP) is 0.898. The van der Waals surface area contributed by atoms with Crippen LogP contribution in [0.25, 0.3) is 0 Å². The van der Waals surface area contributed by atoms with E-state index in [9.17, 15) is 0 Å². The summed E-state index contributed by atoms with van der Waals surface area (Å²) < 4.78 is 0. The summed E-state index contributed by atoms with van der Waals surface area (Å²) in [5, 5.41) is 25.5. The predicted molar refractivity (Wildman–Crippen MR) is 58.3 cm³/mol. The van der Waals surface area contributed by atoms with Gasteiger partial charge < -0.3 is 15.9 Å². The second kappa shape index (κ2) is 6.82. The summed E-state index contributed by atoms with van der Waals surface area (Å²) in [5.74, 6) is 0.0492. The van der Waals surface area contributed by atoms with Gasteiger partial charge in [0.15, 0.2) is 0 Å². The molecule has 4 heteroatoms. The number of phenols is 1. The highest BCUT2D eigenvalue weighted by molar-refractivity contribution is 5.43. The van der Waals surface area contributed by atoms with Gasteiger partial charge in [-0.05, 0) is 31.5 Å². The highest BCUT2D eigenvalue weighted by atomic mass is 16.3. The molecule has 0 amide bonds. The lowest BCUT2D eigenvalue weighted by molar-refractivity contribution is 0.273. The van der Waals surface area contributed by atoms with E-state index in [-0.39, 0.29) is 18.4 Å². The number of aliphatic hydroxyl groups is 1. The van der Waals surface area contributed by atoms with E-state index < -0.39 is 0 Å². The molecule has 4 N–H and O–H groups in total. The molecule has 1 aromatic carbocycles. The first-order valence-electron chi connectivity index (χ1n) is 4.57. The van der Waals surface area contributed by atoms with Crippen molar-refractivity contribution >= 4 is 0 Å². The Morgan fingerprint density at radius 3 is 2.40 bits per heavy atom. The van der Waals surface area contributed by atoms with E-state index in [1.54, 1.807) is 19.1 Å². The van der Waals surface area contributed by atoms with Gasteiger partial charge in [0.2, 0.25) is 0 Å². The number of phenolic OH excluding ortho intramolecular Hbond substituents is 1. The van der Waals surface area contributed by atoms with Crippen LogP contribution in [0.1, 0.15) is 18.1 Å². The first-order valence-corrected chi connectivity index (χ1v) is 4.57. The summed E-state index contributed by atoms with van der Waals surface area (Å²) in [7, 11) is 0. The molecular weight excluding hydrogens is 192 g/mol. The molecule has 4 nitrogen and oxygen atoms in total. The molecule has 1 rings (SSSR count). The second-order valence-corrected chi connectivity index (χ2v) is 3.29. The number of benzene rings is 1. The van der Waals surface area contributed by atoms with Crippen LogP contribution in [0, 0.1) is 18.3 Å². The maximum Gasteiger partial charge on any atom is 0.133 e. The number of hydrogen-bond acceptors (Lipinski definition) is 4. The van der Waals surface area contributed by atoms with Gasteiger partial charge in [0.25, 0.3) is 0 Å². The lowest BCUT2D eigenvalue weighted by Crippen LogP contribution is -2.18. The zero-order valence-electron chi connectivity index (χ0n) is 8.94. The van der Waals surface area contributed by atoms with Crippen molar-refractivity contribution in [3.8, 4) is 11.8 Å². The summed E-state index contributed by atoms with van der Waals surface area (Å²) in [6, 6.07) is 6.76. The Bertz CT molecular complexity index is 343. The molecule has 0 unspecified atom stereocenters. The average Bonchev–Trinajstić information content (AvgIpc) is 2.22. The van der Waals surface area contributed by atoms with Crippen molar-refractivity contribution in [1.29, 1.82) is 5.26 Å². The largest absolute Gasteiger partial charge is 0.507 e. The third-order valence-corrected chi connectivity index (χ3v) is 1.56. The maximum atomic E-state index is 9.01. The minimum Gasteiger partial charge on any atom is -0.507 e. The van der Waals surface area contributed by atoms with Crippen LogP contribution in [0.15, 0.2) is 18.2 Å². The van der Waals surface area contributed by atoms with Crippen molar-refractivity contribution < 1.29 is 10.2 Å². The van der Waals surface area contributed by atoms with Gasteiger partial charge in [0.1, 0.15) is 11.8 Å². The molecule has 0 bridgehead atoms. The normalized spacial score (nSPS) is 10.9. The highest BCUT2D eigenvalue weighted by Crippen LogP contribution is 2.15. The molecule has 0 radical (unpaired) electrons. The van der Waals surface area contributed by atoms with Crippen molar-refractivity contribution in [2.45, 2.75) is 19.9 Å². The van der Waals surface area contributed by atoms with Crippen molar-refractivity contribution in [3.63, 3.8) is 0 Å². The Kier molecular flexibility index (Phi) is 6.11. The quantitative estimate of drug-likeness (QED) is 0.639. The minimum atomic E-state index is -0.0602. The molecule has 82 valence electrons. The molecule has 15 heavy (non-hydrogen) atoms. The van der Waals surface area contributed by atoms with E-state index in [0.29, 0.717) is 5.56 Å². The molecule has 0 saturated carbocycles. The lowest BCUT2D eigenvalue weighted by atomic mass is 10.1. The number of aryl methyl sites for hydroxylation is 1. The number of nitriles is 1. The second-order valence-electron chi connectivity index (χ2n) is 3.29. The summed E-state index contributed by atoms with van der Waals surface area (Å²) in [5.41, 5.74) is 6.36. The van der Waals surface area contributed by atoms with E-state index in [0.717, 1.165) is 5.56 Å². The zero-order valence-corrected chi connectivity index (χ0v) is 8.94. The SMILES string of the molecule is C[C@@H](N)CO.Cc1ccc(O)c(C#N)c1. The fraction of sp³-hybridized carbons (Fsp3) is 0.364. The smallest absolute Gasteiger partial charge is 0.133 e. The molecule has 0 saturated heterocycles. The van der Waals surface area contributed by atoms with Crippen molar-refractivity contribution in [2.75, 3.05) is 6.61 Å². The molecule has 0 aliphatic rings. The lowest BCUT2D eigenvalue weighted by Gasteiger charge is -1.94. The van der Waals surface area contributed by atoms with Crippen molar-refractivity contribution in [3.05, 3.63) is 29.3 Å². The summed E-state index contributed by atoms with van der Waals surface area (Å²) in [4.78, 5) is 0. The third kappa shape index (κ3) is 5.68. The molecular formula is C11H16N2O2. The van der Waals surface area contributed by atoms with Gasteiger partial charge in [-0.2, -0.15) is 5.26 Å². The molecule has 0 aliphatic carbocycles. The van der Waals surface area contributed by atoms with Crippen molar-refractivity contribution in [1.82, 2.24) is 0 Å².